The number of carbonyl (C=O) groups excluding carboxylic acids is 2. The predicted octanol–water partition coefficient (Wildman–Crippen LogP) is 1.51. The van der Waals surface area contributed by atoms with E-state index in [4.69, 9.17) is 4.74 Å². The standard InChI is InChI=1S/C14H18N2O6/c1-10(16(19)20)8-12(13(17)21-2)15-14(18)22-9-11-6-4-3-5-7-11/h3-7,10,12H,8-9H2,1-2H3,(H,15,18). The van der Waals surface area contributed by atoms with Gasteiger partial charge in [-0.2, -0.15) is 0 Å². The van der Waals surface area contributed by atoms with Crippen molar-refractivity contribution < 1.29 is 24.0 Å². The molecule has 120 valence electrons. The van der Waals surface area contributed by atoms with Crippen molar-refractivity contribution in [2.24, 2.45) is 0 Å². The Hall–Kier alpha value is -2.64. The molecule has 0 heterocycles. The van der Waals surface area contributed by atoms with Crippen LogP contribution in [0.2, 0.25) is 0 Å². The minimum Gasteiger partial charge on any atom is -0.467 e. The average Bonchev–Trinajstić information content (AvgIpc) is 2.52. The van der Waals surface area contributed by atoms with Gasteiger partial charge in [0.2, 0.25) is 6.04 Å². The third kappa shape index (κ3) is 5.78. The smallest absolute Gasteiger partial charge is 0.408 e. The third-order valence-corrected chi connectivity index (χ3v) is 2.93. The molecule has 8 nitrogen and oxygen atoms in total. The molecule has 0 aliphatic carbocycles. The predicted molar refractivity (Wildman–Crippen MR) is 76.6 cm³/mol. The first-order valence-corrected chi connectivity index (χ1v) is 6.62. The lowest BCUT2D eigenvalue weighted by Gasteiger charge is -2.16. The highest BCUT2D eigenvalue weighted by atomic mass is 16.6. The number of nitrogens with zero attached hydrogens (tertiary/aromatic N) is 1. The summed E-state index contributed by atoms with van der Waals surface area (Å²) in [6.07, 6.45) is -1.02. The van der Waals surface area contributed by atoms with Gasteiger partial charge >= 0.3 is 12.1 Å². The zero-order valence-corrected chi connectivity index (χ0v) is 12.4. The van der Waals surface area contributed by atoms with Crippen LogP contribution >= 0.6 is 0 Å². The van der Waals surface area contributed by atoms with Gasteiger partial charge in [0.05, 0.1) is 7.11 Å². The number of carbonyl (C=O) groups is 2. The Morgan fingerprint density at radius 3 is 2.50 bits per heavy atom. The Labute approximate surface area is 127 Å². The maximum absolute atomic E-state index is 11.7. The van der Waals surface area contributed by atoms with Gasteiger partial charge in [0, 0.05) is 18.3 Å². The van der Waals surface area contributed by atoms with E-state index in [1.807, 2.05) is 6.07 Å². The van der Waals surface area contributed by atoms with Crippen molar-refractivity contribution in [3.63, 3.8) is 0 Å². The van der Waals surface area contributed by atoms with E-state index in [-0.39, 0.29) is 13.0 Å². The largest absolute Gasteiger partial charge is 0.467 e. The van der Waals surface area contributed by atoms with Crippen molar-refractivity contribution in [2.45, 2.75) is 32.0 Å². The van der Waals surface area contributed by atoms with E-state index in [0.29, 0.717) is 0 Å². The van der Waals surface area contributed by atoms with E-state index >= 15 is 0 Å². The van der Waals surface area contributed by atoms with Crippen LogP contribution in [-0.2, 0) is 20.9 Å². The van der Waals surface area contributed by atoms with E-state index in [2.05, 4.69) is 10.1 Å². The van der Waals surface area contributed by atoms with Crippen molar-refractivity contribution in [2.75, 3.05) is 7.11 Å². The Kier molecular flexibility index (Phi) is 6.81. The first kappa shape index (κ1) is 17.4. The van der Waals surface area contributed by atoms with Gasteiger partial charge in [0.1, 0.15) is 12.6 Å². The van der Waals surface area contributed by atoms with E-state index in [1.54, 1.807) is 24.3 Å². The molecule has 0 aliphatic rings. The van der Waals surface area contributed by atoms with Crippen LogP contribution < -0.4 is 5.32 Å². The molecule has 0 aromatic heterocycles. The van der Waals surface area contributed by atoms with Gasteiger partial charge in [-0.15, -0.1) is 0 Å². The monoisotopic (exact) mass is 310 g/mol. The Balaban J connectivity index is 2.55. The molecule has 1 aromatic rings. The number of hydrogen-bond donors (Lipinski definition) is 1. The van der Waals surface area contributed by atoms with Gasteiger partial charge in [0.25, 0.3) is 0 Å². The molecule has 22 heavy (non-hydrogen) atoms. The second-order valence-electron chi connectivity index (χ2n) is 4.65. The van der Waals surface area contributed by atoms with Crippen LogP contribution in [0.4, 0.5) is 4.79 Å². The molecule has 8 heteroatoms. The second kappa shape index (κ2) is 8.60. The number of ether oxygens (including phenoxy) is 2. The highest BCUT2D eigenvalue weighted by molar-refractivity contribution is 5.81. The van der Waals surface area contributed by atoms with Crippen LogP contribution in [-0.4, -0.2) is 36.2 Å². The van der Waals surface area contributed by atoms with E-state index < -0.39 is 29.1 Å². The SMILES string of the molecule is COC(=O)C(CC(C)[N+](=O)[O-])NC(=O)OCc1ccccc1. The summed E-state index contributed by atoms with van der Waals surface area (Å²) in [6, 6.07) is 6.85. The van der Waals surface area contributed by atoms with E-state index in [9.17, 15) is 19.7 Å². The maximum Gasteiger partial charge on any atom is 0.408 e. The summed E-state index contributed by atoms with van der Waals surface area (Å²) in [7, 11) is 1.14. The van der Waals surface area contributed by atoms with Crippen LogP contribution in [0.25, 0.3) is 0 Å². The third-order valence-electron chi connectivity index (χ3n) is 2.93. The van der Waals surface area contributed by atoms with Crippen molar-refractivity contribution in [1.82, 2.24) is 5.32 Å². The number of benzene rings is 1. The minimum absolute atomic E-state index is 0.0331. The number of rotatable bonds is 7. The first-order chi connectivity index (χ1) is 10.4. The summed E-state index contributed by atoms with van der Waals surface area (Å²) < 4.78 is 9.49. The van der Waals surface area contributed by atoms with Gasteiger partial charge in [-0.05, 0) is 5.56 Å². The molecule has 0 saturated carbocycles. The highest BCUT2D eigenvalue weighted by Crippen LogP contribution is 2.05. The Morgan fingerprint density at radius 2 is 1.95 bits per heavy atom. The summed E-state index contributed by atoms with van der Waals surface area (Å²) in [4.78, 5) is 33.4. The highest BCUT2D eigenvalue weighted by Gasteiger charge is 2.28. The lowest BCUT2D eigenvalue weighted by Crippen LogP contribution is -2.44. The molecule has 1 amide bonds. The summed E-state index contributed by atoms with van der Waals surface area (Å²) in [5.41, 5.74) is 0.783. The van der Waals surface area contributed by atoms with Crippen LogP contribution in [0.5, 0.6) is 0 Å². The Morgan fingerprint density at radius 1 is 1.32 bits per heavy atom. The van der Waals surface area contributed by atoms with Crippen molar-refractivity contribution in [1.29, 1.82) is 0 Å². The van der Waals surface area contributed by atoms with Crippen molar-refractivity contribution in [3.05, 3.63) is 46.0 Å². The number of hydrogen-bond acceptors (Lipinski definition) is 6. The number of nitro groups is 1. The number of methoxy groups -OCH3 is 1. The van der Waals surface area contributed by atoms with Crippen LogP contribution in [0.15, 0.2) is 30.3 Å². The number of amides is 1. The van der Waals surface area contributed by atoms with E-state index in [0.717, 1.165) is 12.7 Å². The molecule has 1 N–H and O–H groups in total. The summed E-state index contributed by atoms with van der Waals surface area (Å²) in [5.74, 6) is -0.759. The lowest BCUT2D eigenvalue weighted by molar-refractivity contribution is -0.519. The average molecular weight is 310 g/mol. The normalized spacial score (nSPS) is 12.8. The van der Waals surface area contributed by atoms with Crippen molar-refractivity contribution in [3.8, 4) is 0 Å². The van der Waals surface area contributed by atoms with Gasteiger partial charge in [-0.3, -0.25) is 10.1 Å². The van der Waals surface area contributed by atoms with Gasteiger partial charge < -0.3 is 14.8 Å². The molecule has 0 aliphatic heterocycles. The summed E-state index contributed by atoms with van der Waals surface area (Å²) >= 11 is 0. The molecule has 2 atom stereocenters. The van der Waals surface area contributed by atoms with Crippen LogP contribution in [0.3, 0.4) is 0 Å². The molecule has 1 rings (SSSR count). The fraction of sp³-hybridized carbons (Fsp3) is 0.429. The molecule has 0 fully saturated rings. The molecular formula is C14H18N2O6. The zero-order valence-electron chi connectivity index (χ0n) is 12.4. The van der Waals surface area contributed by atoms with Crippen molar-refractivity contribution >= 4 is 12.1 Å². The van der Waals surface area contributed by atoms with Crippen LogP contribution in [0.1, 0.15) is 18.9 Å². The summed E-state index contributed by atoms with van der Waals surface area (Å²) in [6.45, 7) is 1.37. The zero-order chi connectivity index (χ0) is 16.5. The van der Waals surface area contributed by atoms with E-state index in [1.165, 1.54) is 6.92 Å². The number of nitrogens with one attached hydrogen (secondary N) is 1. The quantitative estimate of drug-likeness (QED) is 0.464. The Bertz CT molecular complexity index is 519. The lowest BCUT2D eigenvalue weighted by atomic mass is 10.1. The molecule has 0 spiro atoms. The van der Waals surface area contributed by atoms with Crippen LogP contribution in [0, 0.1) is 10.1 Å². The molecular weight excluding hydrogens is 292 g/mol. The minimum atomic E-state index is -1.13. The fourth-order valence-electron chi connectivity index (χ4n) is 1.69. The molecule has 0 radical (unpaired) electrons. The number of esters is 1. The maximum atomic E-state index is 11.7. The van der Waals surface area contributed by atoms with Gasteiger partial charge in [-0.1, -0.05) is 30.3 Å². The first-order valence-electron chi connectivity index (χ1n) is 6.62. The van der Waals surface area contributed by atoms with Gasteiger partial charge in [-0.25, -0.2) is 9.59 Å². The molecule has 2 unspecified atom stereocenters. The second-order valence-corrected chi connectivity index (χ2v) is 4.65. The number of alkyl carbamates (subject to hydrolysis) is 1. The molecule has 1 aromatic carbocycles. The topological polar surface area (TPSA) is 108 Å². The summed E-state index contributed by atoms with van der Waals surface area (Å²) in [5, 5.41) is 12.9. The molecule has 0 bridgehead atoms. The molecule has 0 saturated heterocycles. The fourth-order valence-corrected chi connectivity index (χ4v) is 1.69. The van der Waals surface area contributed by atoms with Gasteiger partial charge in [0.15, 0.2) is 0 Å².